The Balaban J connectivity index is 3.12. The van der Waals surface area contributed by atoms with E-state index in [4.69, 9.17) is 0 Å². The van der Waals surface area contributed by atoms with Gasteiger partial charge in [-0.1, -0.05) is 102 Å². The molecule has 2 rings (SSSR count). The van der Waals surface area contributed by atoms with Crippen molar-refractivity contribution in [1.29, 1.82) is 0 Å². The van der Waals surface area contributed by atoms with Crippen LogP contribution < -0.4 is 21.3 Å². The molecule has 0 unspecified atom stereocenters. The van der Waals surface area contributed by atoms with Gasteiger partial charge in [-0.15, -0.1) is 0 Å². The van der Waals surface area contributed by atoms with Gasteiger partial charge in [-0.3, -0.25) is 57.6 Å². The molecule has 2 heterocycles. The molecule has 0 aromatic carbocycles. The average Bonchev–Trinajstić information content (AvgIpc) is 0.800. The first-order valence-corrected chi connectivity index (χ1v) is 36.7. The summed E-state index contributed by atoms with van der Waals surface area (Å²) in [5.41, 5.74) is -1.59. The van der Waals surface area contributed by atoms with Crippen LogP contribution in [0.1, 0.15) is 163 Å². The van der Waals surface area contributed by atoms with E-state index in [1.165, 1.54) is 113 Å². The molecule has 562 valence electrons. The summed E-state index contributed by atoms with van der Waals surface area (Å²) >= 11 is 1.42. The van der Waals surface area contributed by atoms with Gasteiger partial charge in [0, 0.05) is 100.0 Å². The number of nitrogens with one attached hydrogen (secondary N) is 4. The first kappa shape index (κ1) is 88.2. The highest BCUT2D eigenvalue weighted by Crippen LogP contribution is 2.27. The van der Waals surface area contributed by atoms with Crippen molar-refractivity contribution >= 4 is 76.7 Å². The van der Waals surface area contributed by atoms with E-state index < -0.39 is 161 Å². The topological polar surface area (TPSA) is 306 Å². The van der Waals surface area contributed by atoms with Gasteiger partial charge in [0.15, 0.2) is 0 Å². The van der Waals surface area contributed by atoms with Gasteiger partial charge in [-0.05, 0) is 109 Å². The molecule has 11 amide bonds. The molecule has 0 aromatic rings. The van der Waals surface area contributed by atoms with Crippen LogP contribution in [0.4, 0.5) is 0 Å². The van der Waals surface area contributed by atoms with E-state index >= 15 is 33.6 Å². The van der Waals surface area contributed by atoms with E-state index in [0.29, 0.717) is 12.3 Å². The van der Waals surface area contributed by atoms with Gasteiger partial charge in [-0.2, -0.15) is 11.8 Å². The number of amides is 11. The highest BCUT2D eigenvalue weighted by molar-refractivity contribution is 7.99. The lowest BCUT2D eigenvalue weighted by molar-refractivity contribution is -0.157. The highest BCUT2D eigenvalue weighted by atomic mass is 32.2. The fourth-order valence-corrected chi connectivity index (χ4v) is 13.8. The Morgan fingerprint density at radius 1 is 0.500 bits per heavy atom. The number of carbonyl (C=O) groups is 11. The van der Waals surface area contributed by atoms with Crippen molar-refractivity contribution in [2.75, 3.05) is 100 Å². The SMILES string of the molecule is C/C=C/C[C@@H](C)[C@@H](O)[C@H]1C(=O)N[C@@H](CC)C(=O)N(C)[C@H](CSCCN2CCN(CC)CC2)C(=O)N(C)[C@@H](CC(C)(C)O)C(=O)N[C@@H](C(C)C)C(=O)N(C)[C@@H](CC(C)C)C(=O)N[C@@H](C)C(=O)N[C@H](C)C(=O)N(C)[C@@H](CC(C)C)C(=O)N(C)[C@@H](CC(C)C)C(=O)N(C)[C@@H](C(C)C)C(=O)N1C. The van der Waals surface area contributed by atoms with Gasteiger partial charge in [0.2, 0.25) is 65.0 Å². The Morgan fingerprint density at radius 2 is 0.939 bits per heavy atom. The molecule has 0 radical (unpaired) electrons. The largest absolute Gasteiger partial charge is 0.390 e. The van der Waals surface area contributed by atoms with Crippen LogP contribution in [0.2, 0.25) is 0 Å². The molecule has 0 aromatic heterocycles. The Labute approximate surface area is 591 Å². The van der Waals surface area contributed by atoms with Crippen LogP contribution in [-0.4, -0.2) is 298 Å². The number of rotatable bonds is 21. The monoisotopic (exact) mass is 1400 g/mol. The number of hydrogen-bond donors (Lipinski definition) is 6. The molecule has 98 heavy (non-hydrogen) atoms. The number of aliphatic hydroxyl groups is 2. The Morgan fingerprint density at radius 3 is 1.42 bits per heavy atom. The van der Waals surface area contributed by atoms with Gasteiger partial charge >= 0.3 is 0 Å². The zero-order valence-electron chi connectivity index (χ0n) is 64.3. The van der Waals surface area contributed by atoms with Crippen LogP contribution in [-0.2, 0) is 52.7 Å². The van der Waals surface area contributed by atoms with Gasteiger partial charge in [0.05, 0.1) is 11.7 Å². The van der Waals surface area contributed by atoms with E-state index in [1.54, 1.807) is 54.5 Å². The lowest BCUT2D eigenvalue weighted by Crippen LogP contribution is -2.64. The maximum absolute atomic E-state index is 15.5. The van der Waals surface area contributed by atoms with Crippen LogP contribution >= 0.6 is 11.8 Å². The molecule has 6 N–H and O–H groups in total. The van der Waals surface area contributed by atoms with Crippen LogP contribution in [0.25, 0.3) is 0 Å². The maximum Gasteiger partial charge on any atom is 0.246 e. The molecule has 13 atom stereocenters. The predicted octanol–water partition coefficient (Wildman–Crippen LogP) is 3.12. The molecule has 2 saturated heterocycles. The van der Waals surface area contributed by atoms with Crippen molar-refractivity contribution in [2.45, 2.75) is 241 Å². The molecular formula is C71H129N13O13S. The van der Waals surface area contributed by atoms with Crippen molar-refractivity contribution < 1.29 is 63.0 Å². The van der Waals surface area contributed by atoms with E-state index in [1.807, 2.05) is 47.6 Å². The van der Waals surface area contributed by atoms with Crippen molar-refractivity contribution in [2.24, 2.45) is 35.5 Å². The number of likely N-dealkylation sites (N-methyl/N-ethyl adjacent to an activating group) is 8. The summed E-state index contributed by atoms with van der Waals surface area (Å²) in [4.78, 5) is 178. The summed E-state index contributed by atoms with van der Waals surface area (Å²) in [5, 5.41) is 34.9. The third-order valence-corrected chi connectivity index (χ3v) is 20.1. The molecule has 2 aliphatic rings. The van der Waals surface area contributed by atoms with Crippen molar-refractivity contribution in [3.8, 4) is 0 Å². The Kier molecular flexibility index (Phi) is 36.5. The summed E-state index contributed by atoms with van der Waals surface area (Å²) in [7, 11) is 9.93. The minimum absolute atomic E-state index is 0.0238. The molecule has 0 spiro atoms. The van der Waals surface area contributed by atoms with E-state index in [9.17, 15) is 29.4 Å². The number of carbonyl (C=O) groups excluding carboxylic acids is 11. The summed E-state index contributed by atoms with van der Waals surface area (Å²) in [6.45, 7) is 36.3. The highest BCUT2D eigenvalue weighted by Gasteiger charge is 2.47. The number of nitrogens with zero attached hydrogens (tertiary/aromatic N) is 9. The van der Waals surface area contributed by atoms with Gasteiger partial charge < -0.3 is 70.7 Å². The molecular weight excluding hydrogens is 1270 g/mol. The first-order valence-electron chi connectivity index (χ1n) is 35.5. The van der Waals surface area contributed by atoms with Crippen LogP contribution in [0.3, 0.4) is 0 Å². The van der Waals surface area contributed by atoms with Crippen molar-refractivity contribution in [3.05, 3.63) is 12.2 Å². The second-order valence-corrected chi connectivity index (χ2v) is 31.2. The van der Waals surface area contributed by atoms with Crippen LogP contribution in [0.5, 0.6) is 0 Å². The number of allylic oxidation sites excluding steroid dienone is 2. The van der Waals surface area contributed by atoms with E-state index in [2.05, 4.69) is 38.0 Å². The zero-order valence-corrected chi connectivity index (χ0v) is 65.1. The van der Waals surface area contributed by atoms with E-state index in [0.717, 1.165) is 42.5 Å². The third-order valence-electron chi connectivity index (χ3n) is 19.1. The lowest BCUT2D eigenvalue weighted by atomic mass is 9.91. The normalized spacial score (nSPS) is 27.2. The maximum atomic E-state index is 15.5. The van der Waals surface area contributed by atoms with Crippen molar-refractivity contribution in [3.63, 3.8) is 0 Å². The van der Waals surface area contributed by atoms with Gasteiger partial charge in [0.1, 0.15) is 66.5 Å². The molecule has 27 heteroatoms. The average molecular weight is 1400 g/mol. The zero-order chi connectivity index (χ0) is 75.3. The number of thioether (sulfide) groups is 1. The molecule has 0 aliphatic carbocycles. The second-order valence-electron chi connectivity index (χ2n) is 30.0. The lowest BCUT2D eigenvalue weighted by Gasteiger charge is -2.41. The van der Waals surface area contributed by atoms with Gasteiger partial charge in [-0.25, -0.2) is 0 Å². The predicted molar refractivity (Wildman–Crippen MR) is 385 cm³/mol. The molecule has 26 nitrogen and oxygen atoms in total. The minimum Gasteiger partial charge on any atom is -0.390 e. The second kappa shape index (κ2) is 40.5. The summed E-state index contributed by atoms with van der Waals surface area (Å²) in [5.74, 6) is -9.64. The summed E-state index contributed by atoms with van der Waals surface area (Å²) in [6.07, 6.45) is 2.38. The first-order chi connectivity index (χ1) is 45.4. The Hall–Kier alpha value is -5.90. The smallest absolute Gasteiger partial charge is 0.246 e. The molecule has 2 fully saturated rings. The number of aliphatic hydroxyl groups excluding tert-OH is 1. The Bertz CT molecular complexity index is 2680. The van der Waals surface area contributed by atoms with Crippen LogP contribution in [0.15, 0.2) is 12.2 Å². The molecule has 0 bridgehead atoms. The summed E-state index contributed by atoms with van der Waals surface area (Å²) in [6, 6.07) is -14.4. The van der Waals surface area contributed by atoms with Crippen LogP contribution in [0, 0.1) is 35.5 Å². The fourth-order valence-electron chi connectivity index (χ4n) is 12.7. The number of piperazine rings is 1. The van der Waals surface area contributed by atoms with E-state index in [-0.39, 0.29) is 62.0 Å². The molecule has 2 aliphatic heterocycles. The molecule has 0 saturated carbocycles. The number of hydrogen-bond acceptors (Lipinski definition) is 16. The van der Waals surface area contributed by atoms with Gasteiger partial charge in [0.25, 0.3) is 0 Å². The summed E-state index contributed by atoms with van der Waals surface area (Å²) < 4.78 is 0. The standard InChI is InChI=1S/C71H129N13O13S/c1-26-29-30-47(14)59(85)58-63(89)74-50(27-2)65(91)80(23)55(41-98-36-35-84-33-31-83(28-3)32-34-84)68(94)79(22)54(40-71(17,18)97)62(88)75-56(45(10)11)69(95)76(19)51(37-42(4)5)61(87)72-48(15)60(86)73-49(16)64(90)77(20)52(38-43(6)7)66(92)78(21)53(39-44(8)9)67(93)81(24)57(46(12)13)70(96)82(58)25/h26,29,42-59,85,97H,27-28,30-41H2,1-25H3,(H,72,87)(H,73,86)(H,74,89)(H,75,88)/b29-26+/t47-,48+,49-,50+,51+,52+,53+,54+,55-,56+,57+,58+,59-/m1/s1. The third kappa shape index (κ3) is 25.3. The fraction of sp³-hybridized carbons (Fsp3) is 0.817. The quantitative estimate of drug-likeness (QED) is 0.0711. The van der Waals surface area contributed by atoms with Crippen molar-refractivity contribution in [1.82, 2.24) is 65.4 Å². The minimum atomic E-state index is -1.66.